The Balaban J connectivity index is 1.51. The van der Waals surface area contributed by atoms with Gasteiger partial charge in [0.15, 0.2) is 0 Å². The summed E-state index contributed by atoms with van der Waals surface area (Å²) >= 11 is 0. The highest BCUT2D eigenvalue weighted by molar-refractivity contribution is 7.92. The molecule has 1 amide bonds. The van der Waals surface area contributed by atoms with Crippen LogP contribution in [0.25, 0.3) is 32.9 Å². The van der Waals surface area contributed by atoms with Crippen molar-refractivity contribution in [3.05, 3.63) is 58.8 Å². The highest BCUT2D eigenvalue weighted by atomic mass is 32.2. The van der Waals surface area contributed by atoms with Gasteiger partial charge in [-0.25, -0.2) is 22.6 Å². The minimum Gasteiger partial charge on any atom is -0.465 e. The first-order valence-electron chi connectivity index (χ1n) is 13.1. The van der Waals surface area contributed by atoms with Crippen molar-refractivity contribution in [3.63, 3.8) is 0 Å². The number of halogens is 4. The first-order chi connectivity index (χ1) is 20.2. The third-order valence-electron chi connectivity index (χ3n) is 7.19. The van der Waals surface area contributed by atoms with Crippen LogP contribution in [-0.4, -0.2) is 70.1 Å². The fourth-order valence-corrected chi connectivity index (χ4v) is 6.21. The van der Waals surface area contributed by atoms with Gasteiger partial charge in [0.2, 0.25) is 16.0 Å². The summed E-state index contributed by atoms with van der Waals surface area (Å²) in [6.45, 7) is 0.701. The topological polar surface area (TPSA) is 147 Å². The number of amides is 1. The molecule has 1 atom stereocenters. The van der Waals surface area contributed by atoms with Crippen LogP contribution >= 0.6 is 0 Å². The predicted molar refractivity (Wildman–Crippen MR) is 152 cm³/mol. The molecule has 11 nitrogen and oxygen atoms in total. The molecule has 0 aliphatic carbocycles. The summed E-state index contributed by atoms with van der Waals surface area (Å²) in [4.78, 5) is 35.0. The summed E-state index contributed by atoms with van der Waals surface area (Å²) in [5.41, 5.74) is -0.208. The Bertz CT molecular complexity index is 1900. The number of fused-ring (bicyclic) bond motifs is 2. The van der Waals surface area contributed by atoms with E-state index in [1.165, 1.54) is 40.9 Å². The van der Waals surface area contributed by atoms with Crippen molar-refractivity contribution in [2.75, 3.05) is 28.9 Å². The molecule has 16 heteroatoms. The minimum atomic E-state index is -4.71. The second kappa shape index (κ2) is 11.3. The third-order valence-corrected chi connectivity index (χ3v) is 8.44. The Labute approximate surface area is 242 Å². The van der Waals surface area contributed by atoms with Gasteiger partial charge >= 0.3 is 12.3 Å². The zero-order chi connectivity index (χ0) is 31.1. The predicted octanol–water partition coefficient (Wildman–Crippen LogP) is 4.54. The van der Waals surface area contributed by atoms with Crippen molar-refractivity contribution in [1.82, 2.24) is 19.4 Å². The van der Waals surface area contributed by atoms with Gasteiger partial charge in [-0.15, -0.1) is 0 Å². The van der Waals surface area contributed by atoms with Crippen molar-refractivity contribution >= 4 is 49.6 Å². The zero-order valence-corrected chi connectivity index (χ0v) is 23.5. The summed E-state index contributed by atoms with van der Waals surface area (Å²) in [7, 11) is -3.05. The quantitative estimate of drug-likeness (QED) is 0.255. The van der Waals surface area contributed by atoms with Crippen LogP contribution in [0.2, 0.25) is 0 Å². The van der Waals surface area contributed by atoms with Gasteiger partial charge in [0, 0.05) is 48.7 Å². The number of aryl methyl sites for hydroxylation is 1. The molecule has 3 heterocycles. The molecular formula is C27H26F4N6O5S. The number of aromatic nitrogens is 3. The number of nitrogens with one attached hydrogen (secondary N) is 2. The number of carboxylic acid groups (broad SMARTS) is 1. The number of sulfonamides is 1. The van der Waals surface area contributed by atoms with Gasteiger partial charge < -0.3 is 15.3 Å². The van der Waals surface area contributed by atoms with Crippen molar-refractivity contribution in [3.8, 4) is 11.1 Å². The number of alkyl halides is 3. The lowest BCUT2D eigenvalue weighted by atomic mass is 9.97. The van der Waals surface area contributed by atoms with Crippen molar-refractivity contribution < 1.29 is 35.9 Å². The summed E-state index contributed by atoms with van der Waals surface area (Å²) in [6.07, 6.45) is -4.45. The SMILES string of the molecule is Cn1c(=O)c(-c2cccc3c(NS(=O)(=O)CCC(F)(F)F)c(F)ccc23)cc2cnc(N[C@H]3CCCN(C(=O)O)C3)nc21. The fraction of sp³-hybridized carbons (Fsp3) is 0.333. The van der Waals surface area contributed by atoms with Crippen LogP contribution in [0, 0.1) is 5.82 Å². The van der Waals surface area contributed by atoms with E-state index >= 15 is 0 Å². The fourth-order valence-electron chi connectivity index (χ4n) is 5.09. The van der Waals surface area contributed by atoms with E-state index in [1.807, 2.05) is 4.72 Å². The highest BCUT2D eigenvalue weighted by Gasteiger charge is 2.30. The van der Waals surface area contributed by atoms with E-state index in [-0.39, 0.29) is 34.9 Å². The molecule has 1 saturated heterocycles. The lowest BCUT2D eigenvalue weighted by molar-refractivity contribution is -0.129. The molecule has 1 aliphatic heterocycles. The van der Waals surface area contributed by atoms with E-state index < -0.39 is 51.5 Å². The monoisotopic (exact) mass is 622 g/mol. The Morgan fingerprint density at radius 2 is 1.93 bits per heavy atom. The zero-order valence-electron chi connectivity index (χ0n) is 22.7. The summed E-state index contributed by atoms with van der Waals surface area (Å²) in [6, 6.07) is 8.10. The van der Waals surface area contributed by atoms with E-state index in [9.17, 15) is 40.7 Å². The van der Waals surface area contributed by atoms with Crippen LogP contribution in [0.4, 0.5) is 34.0 Å². The van der Waals surface area contributed by atoms with E-state index in [2.05, 4.69) is 15.3 Å². The van der Waals surface area contributed by atoms with Gasteiger partial charge in [-0.3, -0.25) is 14.1 Å². The summed E-state index contributed by atoms with van der Waals surface area (Å²) in [5, 5.41) is 13.2. The molecule has 228 valence electrons. The van der Waals surface area contributed by atoms with Gasteiger partial charge in [0.25, 0.3) is 5.56 Å². The number of hydrogen-bond donors (Lipinski definition) is 3. The maximum Gasteiger partial charge on any atom is 0.407 e. The van der Waals surface area contributed by atoms with Crippen LogP contribution in [0.1, 0.15) is 19.3 Å². The number of anilines is 2. The van der Waals surface area contributed by atoms with Crippen LogP contribution in [0.5, 0.6) is 0 Å². The van der Waals surface area contributed by atoms with Gasteiger partial charge in [-0.2, -0.15) is 18.2 Å². The Morgan fingerprint density at radius 3 is 2.65 bits per heavy atom. The van der Waals surface area contributed by atoms with Crippen molar-refractivity contribution in [2.24, 2.45) is 7.05 Å². The number of piperidine rings is 1. The molecule has 2 aromatic heterocycles. The van der Waals surface area contributed by atoms with E-state index in [0.29, 0.717) is 36.0 Å². The lowest BCUT2D eigenvalue weighted by Crippen LogP contribution is -2.44. The largest absolute Gasteiger partial charge is 0.465 e. The van der Waals surface area contributed by atoms with Gasteiger partial charge in [-0.05, 0) is 35.9 Å². The molecule has 0 bridgehead atoms. The van der Waals surface area contributed by atoms with Crippen molar-refractivity contribution in [1.29, 1.82) is 0 Å². The maximum absolute atomic E-state index is 14.8. The molecule has 0 radical (unpaired) electrons. The molecule has 1 aliphatic rings. The van der Waals surface area contributed by atoms with E-state index in [4.69, 9.17) is 0 Å². The van der Waals surface area contributed by atoms with Crippen LogP contribution in [-0.2, 0) is 17.1 Å². The Kier molecular flexibility index (Phi) is 7.89. The highest BCUT2D eigenvalue weighted by Crippen LogP contribution is 2.34. The Morgan fingerprint density at radius 1 is 1.16 bits per heavy atom. The summed E-state index contributed by atoms with van der Waals surface area (Å²) < 4.78 is 80.6. The second-order valence-electron chi connectivity index (χ2n) is 10.2. The Hall–Kier alpha value is -4.47. The van der Waals surface area contributed by atoms with E-state index in [0.717, 1.165) is 6.07 Å². The van der Waals surface area contributed by atoms with Gasteiger partial charge in [0.1, 0.15) is 11.5 Å². The van der Waals surface area contributed by atoms with Crippen LogP contribution in [0.3, 0.4) is 0 Å². The van der Waals surface area contributed by atoms with E-state index in [1.54, 1.807) is 12.1 Å². The number of carbonyl (C=O) groups is 1. The second-order valence-corrected chi connectivity index (χ2v) is 12.1. The maximum atomic E-state index is 14.8. The molecule has 43 heavy (non-hydrogen) atoms. The minimum absolute atomic E-state index is 0.0499. The van der Waals surface area contributed by atoms with Crippen LogP contribution in [0.15, 0.2) is 47.4 Å². The molecule has 3 N–H and O–H groups in total. The average Bonchev–Trinajstić information content (AvgIpc) is 2.95. The van der Waals surface area contributed by atoms with Gasteiger partial charge in [0.05, 0.1) is 17.9 Å². The number of pyridine rings is 1. The van der Waals surface area contributed by atoms with Gasteiger partial charge in [-0.1, -0.05) is 24.3 Å². The molecule has 0 unspecified atom stereocenters. The first-order valence-corrected chi connectivity index (χ1v) is 14.8. The van der Waals surface area contributed by atoms with Crippen molar-refractivity contribution in [2.45, 2.75) is 31.5 Å². The smallest absolute Gasteiger partial charge is 0.407 e. The third kappa shape index (κ3) is 6.48. The number of rotatable bonds is 7. The molecular weight excluding hydrogens is 596 g/mol. The molecule has 0 saturated carbocycles. The molecule has 0 spiro atoms. The normalized spacial score (nSPS) is 16.0. The number of likely N-dealkylation sites (tertiary alicyclic amines) is 1. The lowest BCUT2D eigenvalue weighted by Gasteiger charge is -2.31. The average molecular weight is 623 g/mol. The molecule has 2 aromatic carbocycles. The number of hydrogen-bond acceptors (Lipinski definition) is 7. The standard InChI is InChI=1S/C27H26F4N6O5S/c1-36-23-15(13-32-25(34-23)33-16-4-3-10-37(14-16)26(39)40)12-20(24(36)38)17-5-2-6-19-18(17)7-8-21(28)22(19)35-43(41,42)11-9-27(29,30)31/h2,5-8,12-13,16,35H,3-4,9-11,14H2,1H3,(H,39,40)(H,32,33,34)/t16-/m0/s1. The number of benzene rings is 2. The molecule has 5 rings (SSSR count). The van der Waals surface area contributed by atoms with Crippen LogP contribution < -0.4 is 15.6 Å². The first kappa shape index (κ1) is 30.0. The summed E-state index contributed by atoms with van der Waals surface area (Å²) in [5.74, 6) is -2.06. The number of nitrogens with zero attached hydrogens (tertiary/aromatic N) is 4. The molecule has 4 aromatic rings. The molecule has 1 fully saturated rings.